The van der Waals surface area contributed by atoms with Gasteiger partial charge in [-0.05, 0) is 38.0 Å². The number of hydrogen-bond acceptors (Lipinski definition) is 4. The number of aromatic amines is 2. The Morgan fingerprint density at radius 3 is 2.75 bits per heavy atom. The molecule has 1 aromatic carbocycles. The van der Waals surface area contributed by atoms with Crippen molar-refractivity contribution < 1.29 is 4.79 Å². The molecule has 3 N–H and O–H groups in total. The number of nitrogens with zero attached hydrogens (tertiary/aromatic N) is 3. The molecule has 28 heavy (non-hydrogen) atoms. The van der Waals surface area contributed by atoms with Crippen LogP contribution in [0.4, 0.5) is 10.5 Å². The van der Waals surface area contributed by atoms with E-state index in [9.17, 15) is 9.59 Å². The molecule has 1 fully saturated rings. The highest BCUT2D eigenvalue weighted by Crippen LogP contribution is 2.27. The van der Waals surface area contributed by atoms with E-state index in [1.165, 1.54) is 0 Å². The minimum atomic E-state index is -0.125. The first kappa shape index (κ1) is 18.0. The molecule has 2 aromatic heterocycles. The maximum Gasteiger partial charge on any atom is 0.321 e. The molecule has 8 nitrogen and oxygen atoms in total. The number of nitrogens with one attached hydrogen (secondary N) is 3. The van der Waals surface area contributed by atoms with Crippen LogP contribution in [0.5, 0.6) is 0 Å². The van der Waals surface area contributed by atoms with Gasteiger partial charge in [0.2, 0.25) is 0 Å². The number of anilines is 1. The maximum absolute atomic E-state index is 12.6. The molecule has 144 valence electrons. The van der Waals surface area contributed by atoms with Crippen LogP contribution < -0.4 is 10.9 Å². The molecule has 0 bridgehead atoms. The van der Waals surface area contributed by atoms with Gasteiger partial charge >= 0.3 is 6.03 Å². The van der Waals surface area contributed by atoms with Gasteiger partial charge in [0, 0.05) is 42.5 Å². The minimum Gasteiger partial charge on any atom is -0.324 e. The van der Waals surface area contributed by atoms with Crippen LogP contribution in [0.2, 0.25) is 0 Å². The Morgan fingerprint density at radius 2 is 2.04 bits per heavy atom. The van der Waals surface area contributed by atoms with Gasteiger partial charge in [0.15, 0.2) is 0 Å². The average Bonchev–Trinajstić information content (AvgIpc) is 3.22. The second-order valence-corrected chi connectivity index (χ2v) is 7.00. The lowest BCUT2D eigenvalue weighted by Crippen LogP contribution is -2.40. The Balaban J connectivity index is 1.38. The molecule has 0 spiro atoms. The van der Waals surface area contributed by atoms with Crippen molar-refractivity contribution in [2.45, 2.75) is 25.7 Å². The molecule has 3 aromatic rings. The number of piperidine rings is 1. The summed E-state index contributed by atoms with van der Waals surface area (Å²) in [5.41, 5.74) is 3.29. The van der Waals surface area contributed by atoms with Crippen molar-refractivity contribution in [1.29, 1.82) is 0 Å². The van der Waals surface area contributed by atoms with Gasteiger partial charge in [-0.3, -0.25) is 9.89 Å². The molecule has 1 aliphatic heterocycles. The molecule has 0 radical (unpaired) electrons. The van der Waals surface area contributed by atoms with Crippen LogP contribution in [-0.2, 0) is 0 Å². The fourth-order valence-electron chi connectivity index (χ4n) is 3.57. The highest BCUT2D eigenvalue weighted by molar-refractivity contribution is 5.90. The molecule has 0 atom stereocenters. The molecule has 0 unspecified atom stereocenters. The second-order valence-electron chi connectivity index (χ2n) is 7.00. The first-order valence-electron chi connectivity index (χ1n) is 9.32. The topological polar surface area (TPSA) is 107 Å². The predicted octanol–water partition coefficient (Wildman–Crippen LogP) is 2.88. The number of rotatable bonds is 3. The van der Waals surface area contributed by atoms with Crippen molar-refractivity contribution in [3.05, 3.63) is 64.5 Å². The van der Waals surface area contributed by atoms with E-state index in [-0.39, 0.29) is 17.5 Å². The first-order chi connectivity index (χ1) is 13.6. The summed E-state index contributed by atoms with van der Waals surface area (Å²) in [6, 6.07) is 11.0. The van der Waals surface area contributed by atoms with Gasteiger partial charge in [-0.25, -0.2) is 9.78 Å². The van der Waals surface area contributed by atoms with Crippen molar-refractivity contribution in [2.24, 2.45) is 0 Å². The van der Waals surface area contributed by atoms with Gasteiger partial charge in [0.05, 0.1) is 11.4 Å². The van der Waals surface area contributed by atoms with Crippen LogP contribution in [-0.4, -0.2) is 44.2 Å². The highest BCUT2D eigenvalue weighted by atomic mass is 16.2. The number of urea groups is 1. The number of hydrogen-bond donors (Lipinski definition) is 3. The fourth-order valence-corrected chi connectivity index (χ4v) is 3.57. The Bertz CT molecular complexity index is 1020. The van der Waals surface area contributed by atoms with E-state index in [4.69, 9.17) is 0 Å². The first-order valence-corrected chi connectivity index (χ1v) is 9.32. The quantitative estimate of drug-likeness (QED) is 0.651. The van der Waals surface area contributed by atoms with Crippen molar-refractivity contribution in [3.8, 4) is 11.3 Å². The largest absolute Gasteiger partial charge is 0.324 e. The Kier molecular flexibility index (Phi) is 4.92. The minimum absolute atomic E-state index is 0.116. The summed E-state index contributed by atoms with van der Waals surface area (Å²) in [4.78, 5) is 33.2. The van der Waals surface area contributed by atoms with E-state index in [2.05, 4.69) is 25.5 Å². The third-order valence-electron chi connectivity index (χ3n) is 5.01. The van der Waals surface area contributed by atoms with Crippen LogP contribution in [0, 0.1) is 6.92 Å². The van der Waals surface area contributed by atoms with Crippen molar-refractivity contribution in [1.82, 2.24) is 25.1 Å². The zero-order chi connectivity index (χ0) is 19.5. The number of benzene rings is 1. The predicted molar refractivity (Wildman–Crippen MR) is 106 cm³/mol. The summed E-state index contributed by atoms with van der Waals surface area (Å²) in [7, 11) is 0. The maximum atomic E-state index is 12.6. The van der Waals surface area contributed by atoms with Crippen molar-refractivity contribution in [2.75, 3.05) is 18.4 Å². The third-order valence-corrected chi connectivity index (χ3v) is 5.01. The van der Waals surface area contributed by atoms with E-state index >= 15 is 0 Å². The van der Waals surface area contributed by atoms with Crippen molar-refractivity contribution >= 4 is 11.7 Å². The lowest BCUT2D eigenvalue weighted by atomic mass is 9.93. The molecule has 1 aliphatic rings. The number of aromatic nitrogens is 4. The molecule has 2 amide bonds. The van der Waals surface area contributed by atoms with E-state index in [0.717, 1.165) is 35.5 Å². The number of H-pyrrole nitrogens is 2. The summed E-state index contributed by atoms with van der Waals surface area (Å²) in [6.45, 7) is 3.04. The summed E-state index contributed by atoms with van der Waals surface area (Å²) in [6.07, 6.45) is 3.27. The Hall–Kier alpha value is -3.42. The monoisotopic (exact) mass is 378 g/mol. The highest BCUT2D eigenvalue weighted by Gasteiger charge is 2.25. The Labute approximate surface area is 162 Å². The summed E-state index contributed by atoms with van der Waals surface area (Å²) in [5, 5.41) is 9.85. The zero-order valence-corrected chi connectivity index (χ0v) is 15.6. The molecule has 1 saturated heterocycles. The summed E-state index contributed by atoms with van der Waals surface area (Å²) in [5.74, 6) is 0.827. The van der Waals surface area contributed by atoms with Gasteiger partial charge in [-0.1, -0.05) is 12.1 Å². The number of likely N-dealkylation sites (tertiary alicyclic amines) is 1. The van der Waals surface area contributed by atoms with Crippen molar-refractivity contribution in [3.63, 3.8) is 0 Å². The standard InChI is InChI=1S/C20H22N6O2/c1-13-22-18(12-19(27)23-13)14-6-9-26(10-7-14)20(28)24-16-4-2-3-15(11-16)17-5-8-21-25-17/h2-5,8,11-12,14H,6-7,9-10H2,1H3,(H,21,25)(H,24,28)(H,22,23,27). The lowest BCUT2D eigenvalue weighted by molar-refractivity contribution is 0.194. The van der Waals surface area contributed by atoms with Crippen LogP contribution in [0.25, 0.3) is 11.3 Å². The third kappa shape index (κ3) is 3.95. The molecule has 8 heteroatoms. The molecule has 3 heterocycles. The van der Waals surface area contributed by atoms with Gasteiger partial charge < -0.3 is 15.2 Å². The normalized spacial score (nSPS) is 14.8. The molecular formula is C20H22N6O2. The fraction of sp³-hybridized carbons (Fsp3) is 0.300. The van der Waals surface area contributed by atoms with Gasteiger partial charge in [-0.2, -0.15) is 5.10 Å². The average molecular weight is 378 g/mol. The molecular weight excluding hydrogens is 356 g/mol. The molecule has 0 saturated carbocycles. The number of carbonyl (C=O) groups excluding carboxylic acids is 1. The van der Waals surface area contributed by atoms with Crippen LogP contribution >= 0.6 is 0 Å². The smallest absolute Gasteiger partial charge is 0.321 e. The second kappa shape index (κ2) is 7.67. The Morgan fingerprint density at radius 1 is 1.21 bits per heavy atom. The number of carbonyl (C=O) groups is 1. The van der Waals surface area contributed by atoms with E-state index in [0.29, 0.717) is 18.9 Å². The van der Waals surface area contributed by atoms with Gasteiger partial charge in [0.25, 0.3) is 5.56 Å². The SMILES string of the molecule is Cc1nc(C2CCN(C(=O)Nc3cccc(-c4ccn[nH]4)c3)CC2)cc(=O)[nH]1. The summed E-state index contributed by atoms with van der Waals surface area (Å²) < 4.78 is 0. The van der Waals surface area contributed by atoms with Gasteiger partial charge in [-0.15, -0.1) is 0 Å². The number of amides is 2. The van der Waals surface area contributed by atoms with Crippen LogP contribution in [0.15, 0.2) is 47.4 Å². The molecule has 0 aliphatic carbocycles. The van der Waals surface area contributed by atoms with Crippen LogP contribution in [0.3, 0.4) is 0 Å². The number of aryl methyl sites for hydroxylation is 1. The van der Waals surface area contributed by atoms with E-state index < -0.39 is 0 Å². The van der Waals surface area contributed by atoms with E-state index in [1.807, 2.05) is 30.3 Å². The van der Waals surface area contributed by atoms with E-state index in [1.54, 1.807) is 24.1 Å². The van der Waals surface area contributed by atoms with Crippen LogP contribution in [0.1, 0.15) is 30.3 Å². The van der Waals surface area contributed by atoms with Gasteiger partial charge in [0.1, 0.15) is 5.82 Å². The zero-order valence-electron chi connectivity index (χ0n) is 15.6. The lowest BCUT2D eigenvalue weighted by Gasteiger charge is -2.31. The summed E-state index contributed by atoms with van der Waals surface area (Å²) >= 11 is 0. The molecule has 4 rings (SSSR count).